The highest BCUT2D eigenvalue weighted by atomic mass is 79.9. The van der Waals surface area contributed by atoms with E-state index in [1.54, 1.807) is 6.92 Å². The van der Waals surface area contributed by atoms with Gasteiger partial charge in [0.15, 0.2) is 5.82 Å². The predicted molar refractivity (Wildman–Crippen MR) is 65.2 cm³/mol. The zero-order valence-electron chi connectivity index (χ0n) is 9.69. The monoisotopic (exact) mass is 331 g/mol. The van der Waals surface area contributed by atoms with Gasteiger partial charge >= 0.3 is 0 Å². The van der Waals surface area contributed by atoms with Crippen LogP contribution in [0.4, 0.5) is 14.5 Å². The van der Waals surface area contributed by atoms with Gasteiger partial charge in [-0.05, 0) is 39.3 Å². The first-order valence-electron chi connectivity index (χ1n) is 5.14. The maximum atomic E-state index is 13.5. The average Bonchev–Trinajstić information content (AvgIpc) is 2.69. The number of rotatable bonds is 3. The fourth-order valence-corrected chi connectivity index (χ4v) is 1.88. The van der Waals surface area contributed by atoms with Gasteiger partial charge < -0.3 is 5.32 Å². The molecule has 0 fully saturated rings. The molecule has 0 aliphatic carbocycles. The van der Waals surface area contributed by atoms with Gasteiger partial charge in [-0.2, -0.15) is 0 Å². The van der Waals surface area contributed by atoms with Crippen LogP contribution in [0.5, 0.6) is 0 Å². The molecule has 0 unspecified atom stereocenters. The smallest absolute Gasteiger partial charge is 0.246 e. The van der Waals surface area contributed by atoms with E-state index in [1.165, 1.54) is 4.68 Å². The standard InChI is InChI=1S/C10H8BrF2N5O/c1-5-15-16-17-18(5)4-9(19)14-10-7(11)2-6(12)3-8(10)13/h2-3H,4H2,1H3,(H,14,19). The van der Waals surface area contributed by atoms with E-state index in [1.807, 2.05) is 0 Å². The molecule has 1 heterocycles. The predicted octanol–water partition coefficient (Wildman–Crippen LogP) is 1.66. The number of aromatic nitrogens is 4. The summed E-state index contributed by atoms with van der Waals surface area (Å²) in [4.78, 5) is 11.7. The van der Waals surface area contributed by atoms with Gasteiger partial charge in [-0.15, -0.1) is 5.10 Å². The van der Waals surface area contributed by atoms with Crippen molar-refractivity contribution in [2.45, 2.75) is 13.5 Å². The third-order valence-electron chi connectivity index (χ3n) is 2.28. The van der Waals surface area contributed by atoms with Crippen molar-refractivity contribution in [2.75, 3.05) is 5.32 Å². The van der Waals surface area contributed by atoms with Crippen LogP contribution in [0.1, 0.15) is 5.82 Å². The van der Waals surface area contributed by atoms with Crippen LogP contribution in [0, 0.1) is 18.6 Å². The lowest BCUT2D eigenvalue weighted by molar-refractivity contribution is -0.117. The molecule has 0 aliphatic heterocycles. The molecular weight excluding hydrogens is 324 g/mol. The molecule has 100 valence electrons. The van der Waals surface area contributed by atoms with Crippen molar-refractivity contribution in [1.29, 1.82) is 0 Å². The zero-order valence-corrected chi connectivity index (χ0v) is 11.3. The van der Waals surface area contributed by atoms with Gasteiger partial charge in [-0.3, -0.25) is 4.79 Å². The number of benzene rings is 1. The summed E-state index contributed by atoms with van der Waals surface area (Å²) >= 11 is 2.98. The molecular formula is C10H8BrF2N5O. The molecule has 0 saturated carbocycles. The number of halogens is 3. The molecule has 0 aliphatic rings. The maximum absolute atomic E-state index is 13.5. The number of aryl methyl sites for hydroxylation is 1. The summed E-state index contributed by atoms with van der Waals surface area (Å²) in [5, 5.41) is 12.9. The van der Waals surface area contributed by atoms with Gasteiger partial charge in [-0.1, -0.05) is 0 Å². The van der Waals surface area contributed by atoms with Crippen molar-refractivity contribution in [3.8, 4) is 0 Å². The third-order valence-corrected chi connectivity index (χ3v) is 2.90. The number of nitrogens with zero attached hydrogens (tertiary/aromatic N) is 4. The summed E-state index contributed by atoms with van der Waals surface area (Å²) in [5.41, 5.74) is -0.128. The second-order valence-corrected chi connectivity index (χ2v) is 4.53. The Balaban J connectivity index is 2.14. The first kappa shape index (κ1) is 13.5. The fraction of sp³-hybridized carbons (Fsp3) is 0.200. The van der Waals surface area contributed by atoms with Crippen molar-refractivity contribution >= 4 is 27.5 Å². The highest BCUT2D eigenvalue weighted by Gasteiger charge is 2.14. The molecule has 0 bridgehead atoms. The van der Waals surface area contributed by atoms with E-state index in [9.17, 15) is 13.6 Å². The van der Waals surface area contributed by atoms with Crippen LogP contribution in [0.25, 0.3) is 0 Å². The Morgan fingerprint density at radius 2 is 2.21 bits per heavy atom. The lowest BCUT2D eigenvalue weighted by Gasteiger charge is -2.08. The van der Waals surface area contributed by atoms with Crippen LogP contribution in [0.15, 0.2) is 16.6 Å². The molecule has 2 rings (SSSR count). The Morgan fingerprint density at radius 3 is 2.79 bits per heavy atom. The second kappa shape index (κ2) is 5.39. The molecule has 9 heteroatoms. The number of hydrogen-bond acceptors (Lipinski definition) is 4. The highest BCUT2D eigenvalue weighted by Crippen LogP contribution is 2.26. The van der Waals surface area contributed by atoms with Crippen molar-refractivity contribution < 1.29 is 13.6 Å². The number of hydrogen-bond donors (Lipinski definition) is 1. The molecule has 0 saturated heterocycles. The summed E-state index contributed by atoms with van der Waals surface area (Å²) in [6.45, 7) is 1.46. The Hall–Kier alpha value is -1.90. The lowest BCUT2D eigenvalue weighted by atomic mass is 10.3. The van der Waals surface area contributed by atoms with Crippen LogP contribution in [0.2, 0.25) is 0 Å². The van der Waals surface area contributed by atoms with E-state index < -0.39 is 17.5 Å². The molecule has 6 nitrogen and oxygen atoms in total. The van der Waals surface area contributed by atoms with E-state index in [4.69, 9.17) is 0 Å². The van der Waals surface area contributed by atoms with Gasteiger partial charge in [0.1, 0.15) is 18.2 Å². The molecule has 1 aromatic heterocycles. The summed E-state index contributed by atoms with van der Waals surface area (Å²) in [6, 6.07) is 1.74. The van der Waals surface area contributed by atoms with Gasteiger partial charge in [0.2, 0.25) is 5.91 Å². The van der Waals surface area contributed by atoms with E-state index in [-0.39, 0.29) is 16.7 Å². The lowest BCUT2D eigenvalue weighted by Crippen LogP contribution is -2.21. The quantitative estimate of drug-likeness (QED) is 0.928. The zero-order chi connectivity index (χ0) is 14.0. The number of anilines is 1. The van der Waals surface area contributed by atoms with Crippen LogP contribution in [0.3, 0.4) is 0 Å². The number of amides is 1. The fourth-order valence-electron chi connectivity index (χ4n) is 1.37. The van der Waals surface area contributed by atoms with Crippen molar-refractivity contribution in [3.05, 3.63) is 34.1 Å². The Bertz CT molecular complexity index is 607. The largest absolute Gasteiger partial charge is 0.321 e. The first-order valence-corrected chi connectivity index (χ1v) is 5.94. The minimum atomic E-state index is -0.867. The van der Waals surface area contributed by atoms with Crippen LogP contribution in [-0.2, 0) is 11.3 Å². The molecule has 19 heavy (non-hydrogen) atoms. The average molecular weight is 332 g/mol. The van der Waals surface area contributed by atoms with Crippen molar-refractivity contribution in [2.24, 2.45) is 0 Å². The normalized spacial score (nSPS) is 10.5. The van der Waals surface area contributed by atoms with Crippen LogP contribution >= 0.6 is 15.9 Å². The number of carbonyl (C=O) groups excluding carboxylic acids is 1. The van der Waals surface area contributed by atoms with Gasteiger partial charge in [0, 0.05) is 10.5 Å². The van der Waals surface area contributed by atoms with E-state index in [0.29, 0.717) is 11.9 Å². The molecule has 2 aromatic rings. The Morgan fingerprint density at radius 1 is 1.47 bits per heavy atom. The molecule has 0 atom stereocenters. The van der Waals surface area contributed by atoms with E-state index >= 15 is 0 Å². The number of tetrazole rings is 1. The summed E-state index contributed by atoms with van der Waals surface area (Å²) in [5.74, 6) is -1.68. The van der Waals surface area contributed by atoms with E-state index in [2.05, 4.69) is 36.8 Å². The van der Waals surface area contributed by atoms with E-state index in [0.717, 1.165) is 6.07 Å². The summed E-state index contributed by atoms with van der Waals surface area (Å²) in [7, 11) is 0. The molecule has 1 aromatic carbocycles. The number of nitrogens with one attached hydrogen (secondary N) is 1. The highest BCUT2D eigenvalue weighted by molar-refractivity contribution is 9.10. The number of carbonyl (C=O) groups is 1. The topological polar surface area (TPSA) is 72.7 Å². The van der Waals surface area contributed by atoms with Crippen molar-refractivity contribution in [3.63, 3.8) is 0 Å². The van der Waals surface area contributed by atoms with Crippen LogP contribution in [-0.4, -0.2) is 26.1 Å². The SMILES string of the molecule is Cc1nnnn1CC(=O)Nc1c(F)cc(F)cc1Br. The third kappa shape index (κ3) is 3.11. The maximum Gasteiger partial charge on any atom is 0.246 e. The van der Waals surface area contributed by atoms with Gasteiger partial charge in [-0.25, -0.2) is 13.5 Å². The Kier molecular flexibility index (Phi) is 3.84. The summed E-state index contributed by atoms with van der Waals surface area (Å²) < 4.78 is 27.8. The van der Waals surface area contributed by atoms with Gasteiger partial charge in [0.25, 0.3) is 0 Å². The minimum absolute atomic E-state index is 0.117. The molecule has 1 amide bonds. The summed E-state index contributed by atoms with van der Waals surface area (Å²) in [6.07, 6.45) is 0. The first-order chi connectivity index (χ1) is 8.97. The molecule has 1 N–H and O–H groups in total. The molecule has 0 radical (unpaired) electrons. The minimum Gasteiger partial charge on any atom is -0.321 e. The van der Waals surface area contributed by atoms with Crippen LogP contribution < -0.4 is 5.32 Å². The molecule has 0 spiro atoms. The van der Waals surface area contributed by atoms with Crippen molar-refractivity contribution in [1.82, 2.24) is 20.2 Å². The Labute approximate surface area is 114 Å². The van der Waals surface area contributed by atoms with Gasteiger partial charge in [0.05, 0.1) is 5.69 Å². The second-order valence-electron chi connectivity index (χ2n) is 3.68.